The molecule has 0 fully saturated rings. The summed E-state index contributed by atoms with van der Waals surface area (Å²) >= 11 is 0. The molecular formula is C15H15N3O. The van der Waals surface area contributed by atoms with Gasteiger partial charge in [0.15, 0.2) is 0 Å². The first-order valence-corrected chi connectivity index (χ1v) is 6.36. The van der Waals surface area contributed by atoms with Crippen molar-refractivity contribution in [2.24, 2.45) is 5.73 Å². The zero-order chi connectivity index (χ0) is 13.2. The Morgan fingerprint density at radius 1 is 1.16 bits per heavy atom. The van der Waals surface area contributed by atoms with Gasteiger partial charge in [-0.1, -0.05) is 48.5 Å². The van der Waals surface area contributed by atoms with E-state index in [4.69, 9.17) is 10.3 Å². The molecule has 0 saturated carbocycles. The Labute approximate surface area is 111 Å². The van der Waals surface area contributed by atoms with Crippen LogP contribution in [0.2, 0.25) is 0 Å². The Morgan fingerprint density at radius 2 is 1.95 bits per heavy atom. The number of benzene rings is 2. The van der Waals surface area contributed by atoms with E-state index < -0.39 is 0 Å². The summed E-state index contributed by atoms with van der Waals surface area (Å²) in [6.45, 7) is 1.99. The second-order valence-electron chi connectivity index (χ2n) is 4.53. The molecule has 4 heteroatoms. The molecule has 3 aromatic rings. The van der Waals surface area contributed by atoms with Crippen LogP contribution >= 0.6 is 0 Å². The van der Waals surface area contributed by atoms with Crippen molar-refractivity contribution in [2.45, 2.75) is 19.4 Å². The number of nitrogens with zero attached hydrogens (tertiary/aromatic N) is 2. The van der Waals surface area contributed by atoms with Gasteiger partial charge in [0.1, 0.15) is 0 Å². The maximum atomic E-state index is 5.88. The summed E-state index contributed by atoms with van der Waals surface area (Å²) in [5.74, 6) is 1.08. The van der Waals surface area contributed by atoms with E-state index in [1.165, 1.54) is 5.39 Å². The van der Waals surface area contributed by atoms with Gasteiger partial charge in [0.05, 0.1) is 6.04 Å². The normalized spacial score (nSPS) is 12.7. The molecule has 1 aromatic heterocycles. The van der Waals surface area contributed by atoms with Crippen LogP contribution in [0.3, 0.4) is 0 Å². The van der Waals surface area contributed by atoms with E-state index in [2.05, 4.69) is 34.4 Å². The van der Waals surface area contributed by atoms with Crippen LogP contribution in [0.1, 0.15) is 25.3 Å². The zero-order valence-corrected chi connectivity index (χ0v) is 10.7. The molecule has 1 atom stereocenters. The molecule has 1 heterocycles. The fourth-order valence-electron chi connectivity index (χ4n) is 2.01. The molecule has 0 radical (unpaired) electrons. The smallest absolute Gasteiger partial charge is 0.243 e. The van der Waals surface area contributed by atoms with Crippen LogP contribution in [-0.2, 0) is 0 Å². The molecule has 96 valence electrons. The third kappa shape index (κ3) is 2.22. The minimum atomic E-state index is -0.193. The first-order chi connectivity index (χ1) is 9.28. The van der Waals surface area contributed by atoms with Gasteiger partial charge in [0, 0.05) is 5.56 Å². The lowest BCUT2D eigenvalue weighted by atomic mass is 10.1. The molecule has 3 rings (SSSR count). The monoisotopic (exact) mass is 253 g/mol. The molecule has 0 amide bonds. The maximum Gasteiger partial charge on any atom is 0.243 e. The molecule has 2 N–H and O–H groups in total. The number of rotatable bonds is 3. The summed E-state index contributed by atoms with van der Waals surface area (Å²) in [6, 6.07) is 14.1. The van der Waals surface area contributed by atoms with E-state index in [1.807, 2.05) is 25.1 Å². The van der Waals surface area contributed by atoms with Crippen LogP contribution in [0.25, 0.3) is 22.2 Å². The van der Waals surface area contributed by atoms with Crippen LogP contribution in [0.4, 0.5) is 0 Å². The van der Waals surface area contributed by atoms with Gasteiger partial charge in [0.25, 0.3) is 0 Å². The quantitative estimate of drug-likeness (QED) is 0.777. The Bertz CT molecular complexity index is 705. The van der Waals surface area contributed by atoms with Crippen molar-refractivity contribution in [3.05, 3.63) is 48.4 Å². The highest BCUT2D eigenvalue weighted by Gasteiger charge is 2.14. The van der Waals surface area contributed by atoms with E-state index >= 15 is 0 Å². The van der Waals surface area contributed by atoms with Crippen LogP contribution in [0.15, 0.2) is 47.0 Å². The Hall–Kier alpha value is -2.20. The van der Waals surface area contributed by atoms with E-state index in [-0.39, 0.29) is 6.04 Å². The van der Waals surface area contributed by atoms with Crippen LogP contribution in [0.5, 0.6) is 0 Å². The highest BCUT2D eigenvalue weighted by atomic mass is 16.5. The van der Waals surface area contributed by atoms with Crippen molar-refractivity contribution >= 4 is 10.8 Å². The molecule has 0 saturated heterocycles. The first kappa shape index (κ1) is 11.9. The lowest BCUT2D eigenvalue weighted by Gasteiger charge is -2.00. The maximum absolute atomic E-state index is 5.88. The standard InChI is InChI=1S/C15H15N3O/c1-2-13(16)15-17-14(18-19-15)12-8-7-10-5-3-4-6-11(10)9-12/h3-9,13H,2,16H2,1H3. The van der Waals surface area contributed by atoms with Crippen molar-refractivity contribution in [3.63, 3.8) is 0 Å². The average molecular weight is 253 g/mol. The molecule has 0 aliphatic heterocycles. The highest BCUT2D eigenvalue weighted by Crippen LogP contribution is 2.23. The largest absolute Gasteiger partial charge is 0.337 e. The van der Waals surface area contributed by atoms with E-state index in [1.54, 1.807) is 0 Å². The molecule has 1 unspecified atom stereocenters. The van der Waals surface area contributed by atoms with Gasteiger partial charge in [-0.3, -0.25) is 0 Å². The third-order valence-corrected chi connectivity index (χ3v) is 3.21. The molecule has 0 bridgehead atoms. The molecule has 0 aliphatic rings. The van der Waals surface area contributed by atoms with Crippen LogP contribution < -0.4 is 5.73 Å². The number of aromatic nitrogens is 2. The Morgan fingerprint density at radius 3 is 2.74 bits per heavy atom. The number of hydrogen-bond acceptors (Lipinski definition) is 4. The number of nitrogens with two attached hydrogens (primary N) is 1. The van der Waals surface area contributed by atoms with Gasteiger partial charge < -0.3 is 10.3 Å². The van der Waals surface area contributed by atoms with Gasteiger partial charge in [-0.15, -0.1) is 0 Å². The minimum absolute atomic E-state index is 0.193. The lowest BCUT2D eigenvalue weighted by Crippen LogP contribution is -2.08. The van der Waals surface area contributed by atoms with Crippen molar-refractivity contribution in [2.75, 3.05) is 0 Å². The summed E-state index contributed by atoms with van der Waals surface area (Å²) in [5.41, 5.74) is 6.82. The number of fused-ring (bicyclic) bond motifs is 1. The van der Waals surface area contributed by atoms with Gasteiger partial charge in [-0.25, -0.2) is 0 Å². The van der Waals surface area contributed by atoms with Gasteiger partial charge in [-0.2, -0.15) is 4.98 Å². The SMILES string of the molecule is CCC(N)c1nc(-c2ccc3ccccc3c2)no1. The van der Waals surface area contributed by atoms with Gasteiger partial charge >= 0.3 is 0 Å². The van der Waals surface area contributed by atoms with Crippen LogP contribution in [-0.4, -0.2) is 10.1 Å². The fourth-order valence-corrected chi connectivity index (χ4v) is 2.01. The van der Waals surface area contributed by atoms with Crippen molar-refractivity contribution in [1.29, 1.82) is 0 Å². The predicted octanol–water partition coefficient (Wildman–Crippen LogP) is 3.30. The van der Waals surface area contributed by atoms with Gasteiger partial charge in [0.2, 0.25) is 11.7 Å². The number of hydrogen-bond donors (Lipinski definition) is 1. The first-order valence-electron chi connectivity index (χ1n) is 6.36. The second-order valence-corrected chi connectivity index (χ2v) is 4.53. The third-order valence-electron chi connectivity index (χ3n) is 3.21. The molecule has 19 heavy (non-hydrogen) atoms. The molecule has 4 nitrogen and oxygen atoms in total. The zero-order valence-electron chi connectivity index (χ0n) is 10.7. The Kier molecular flexibility index (Phi) is 3.01. The molecule has 0 aliphatic carbocycles. The fraction of sp³-hybridized carbons (Fsp3) is 0.200. The summed E-state index contributed by atoms with van der Waals surface area (Å²) in [4.78, 5) is 4.36. The molecule has 0 spiro atoms. The lowest BCUT2D eigenvalue weighted by molar-refractivity contribution is 0.352. The predicted molar refractivity (Wildman–Crippen MR) is 74.5 cm³/mol. The van der Waals surface area contributed by atoms with E-state index in [0.717, 1.165) is 17.4 Å². The summed E-state index contributed by atoms with van der Waals surface area (Å²) in [7, 11) is 0. The minimum Gasteiger partial charge on any atom is -0.337 e. The average Bonchev–Trinajstić information content (AvgIpc) is 2.95. The van der Waals surface area contributed by atoms with Crippen molar-refractivity contribution in [1.82, 2.24) is 10.1 Å². The molecular weight excluding hydrogens is 238 g/mol. The van der Waals surface area contributed by atoms with Gasteiger partial charge in [-0.05, 0) is 23.3 Å². The van der Waals surface area contributed by atoms with E-state index in [0.29, 0.717) is 11.7 Å². The summed E-state index contributed by atoms with van der Waals surface area (Å²) in [5, 5.41) is 6.35. The highest BCUT2D eigenvalue weighted by molar-refractivity contribution is 5.86. The summed E-state index contributed by atoms with van der Waals surface area (Å²) in [6.07, 6.45) is 0.777. The topological polar surface area (TPSA) is 64.9 Å². The Balaban J connectivity index is 2.01. The van der Waals surface area contributed by atoms with Crippen molar-refractivity contribution < 1.29 is 4.52 Å². The summed E-state index contributed by atoms with van der Waals surface area (Å²) < 4.78 is 5.20. The van der Waals surface area contributed by atoms with Crippen LogP contribution in [0, 0.1) is 0 Å². The van der Waals surface area contributed by atoms with Crippen molar-refractivity contribution in [3.8, 4) is 11.4 Å². The second kappa shape index (κ2) is 4.82. The molecule has 2 aromatic carbocycles. The van der Waals surface area contributed by atoms with E-state index in [9.17, 15) is 0 Å².